The Morgan fingerprint density at radius 3 is 2.60 bits per heavy atom. The van der Waals surface area contributed by atoms with Crippen molar-refractivity contribution in [2.24, 2.45) is 0 Å². The summed E-state index contributed by atoms with van der Waals surface area (Å²) in [6, 6.07) is 8.45. The van der Waals surface area contributed by atoms with Gasteiger partial charge in [-0.15, -0.1) is 0 Å². The van der Waals surface area contributed by atoms with Gasteiger partial charge in [-0.1, -0.05) is 30.5 Å². The minimum atomic E-state index is -4.59. The van der Waals surface area contributed by atoms with E-state index in [4.69, 9.17) is 0 Å². The number of aryl methyl sites for hydroxylation is 1. The van der Waals surface area contributed by atoms with E-state index in [1.165, 1.54) is 43.5 Å². The topological polar surface area (TPSA) is 77.2 Å². The van der Waals surface area contributed by atoms with E-state index in [0.29, 0.717) is 16.7 Å². The molecule has 6 nitrogen and oxygen atoms in total. The number of alkyl halides is 3. The van der Waals surface area contributed by atoms with Crippen molar-refractivity contribution in [3.63, 3.8) is 0 Å². The third kappa shape index (κ3) is 6.18. The Bertz CT molecular complexity index is 1270. The Labute approximate surface area is 205 Å². The number of H-pyrrole nitrogens is 1. The molecule has 2 heterocycles. The first-order valence-corrected chi connectivity index (χ1v) is 12.5. The highest BCUT2D eigenvalue weighted by Crippen LogP contribution is 2.34. The van der Waals surface area contributed by atoms with Crippen LogP contribution in [0.4, 0.5) is 24.5 Å². The van der Waals surface area contributed by atoms with Gasteiger partial charge in [-0.3, -0.25) is 9.59 Å². The first-order chi connectivity index (χ1) is 16.7. The summed E-state index contributed by atoms with van der Waals surface area (Å²) >= 11 is 1.32. The molecule has 4 rings (SSSR count). The van der Waals surface area contributed by atoms with Crippen LogP contribution in [0.1, 0.15) is 40.7 Å². The second-order valence-electron chi connectivity index (χ2n) is 8.63. The quantitative estimate of drug-likeness (QED) is 0.286. The molecule has 0 unspecified atom stereocenters. The van der Waals surface area contributed by atoms with Crippen molar-refractivity contribution in [2.45, 2.75) is 32.4 Å². The van der Waals surface area contributed by atoms with E-state index < -0.39 is 23.1 Å². The molecular formula is C25H27F3N4O2S. The molecule has 0 saturated carbocycles. The van der Waals surface area contributed by atoms with Gasteiger partial charge in [0.25, 0.3) is 5.91 Å². The van der Waals surface area contributed by atoms with Crippen molar-refractivity contribution in [1.29, 1.82) is 0 Å². The highest BCUT2D eigenvalue weighted by Gasteiger charge is 2.31. The number of nitrogens with zero attached hydrogens (tertiary/aromatic N) is 1. The number of hydrogen-bond donors (Lipinski definition) is 3. The molecule has 3 aromatic rings. The number of aromatic nitrogens is 1. The molecule has 1 fully saturated rings. The maximum atomic E-state index is 13.5. The Balaban J connectivity index is 1.50. The number of fused-ring (bicyclic) bond motifs is 1. The monoisotopic (exact) mass is 504 g/mol. The number of aromatic amines is 1. The number of carbonyl (C=O) groups is 1. The van der Waals surface area contributed by atoms with E-state index in [1.807, 2.05) is 13.0 Å². The van der Waals surface area contributed by atoms with Gasteiger partial charge in [-0.25, -0.2) is 0 Å². The van der Waals surface area contributed by atoms with Crippen LogP contribution in [0.2, 0.25) is 0 Å². The number of likely N-dealkylation sites (tertiary alicyclic amines) is 1. The molecular weight excluding hydrogens is 477 g/mol. The zero-order valence-electron chi connectivity index (χ0n) is 19.3. The van der Waals surface area contributed by atoms with Gasteiger partial charge in [0.1, 0.15) is 5.56 Å². The van der Waals surface area contributed by atoms with Crippen LogP contribution < -0.4 is 15.5 Å². The van der Waals surface area contributed by atoms with E-state index >= 15 is 0 Å². The van der Waals surface area contributed by atoms with E-state index in [0.717, 1.165) is 37.3 Å². The summed E-state index contributed by atoms with van der Waals surface area (Å²) in [5.41, 5.74) is 0.0792. The van der Waals surface area contributed by atoms with E-state index in [9.17, 15) is 22.8 Å². The predicted molar refractivity (Wildman–Crippen MR) is 135 cm³/mol. The van der Waals surface area contributed by atoms with E-state index in [2.05, 4.69) is 19.9 Å². The highest BCUT2D eigenvalue weighted by molar-refractivity contribution is 8.00. The molecule has 1 aromatic heterocycles. The van der Waals surface area contributed by atoms with Crippen molar-refractivity contribution in [3.05, 3.63) is 69.5 Å². The Hall–Kier alpha value is -2.98. The van der Waals surface area contributed by atoms with Crippen LogP contribution in [0.3, 0.4) is 0 Å². The molecule has 35 heavy (non-hydrogen) atoms. The molecule has 0 atom stereocenters. The van der Waals surface area contributed by atoms with Crippen molar-refractivity contribution < 1.29 is 18.0 Å². The summed E-state index contributed by atoms with van der Waals surface area (Å²) in [7, 11) is 0. The van der Waals surface area contributed by atoms with Crippen molar-refractivity contribution in [1.82, 2.24) is 9.88 Å². The number of rotatable bonds is 7. The molecule has 1 aliphatic rings. The molecule has 0 spiro atoms. The van der Waals surface area contributed by atoms with Gasteiger partial charge in [0.05, 0.1) is 11.1 Å². The molecule has 1 saturated heterocycles. The van der Waals surface area contributed by atoms with E-state index in [-0.39, 0.29) is 16.9 Å². The molecule has 1 amide bonds. The first kappa shape index (κ1) is 25.1. The lowest BCUT2D eigenvalue weighted by molar-refractivity contribution is -0.137. The summed E-state index contributed by atoms with van der Waals surface area (Å²) in [6.07, 6.45) is 0.290. The van der Waals surface area contributed by atoms with Gasteiger partial charge in [0.15, 0.2) is 0 Å². The average molecular weight is 505 g/mol. The van der Waals surface area contributed by atoms with Crippen molar-refractivity contribution in [3.8, 4) is 0 Å². The smallest absolute Gasteiger partial charge is 0.360 e. The maximum Gasteiger partial charge on any atom is 0.416 e. The Morgan fingerprint density at radius 1 is 1.11 bits per heavy atom. The third-order valence-corrected chi connectivity index (χ3v) is 6.80. The van der Waals surface area contributed by atoms with Crippen LogP contribution in [0.15, 0.2) is 47.4 Å². The van der Waals surface area contributed by atoms with Gasteiger partial charge >= 0.3 is 6.18 Å². The van der Waals surface area contributed by atoms with Crippen LogP contribution >= 0.6 is 11.9 Å². The fourth-order valence-corrected chi connectivity index (χ4v) is 4.92. The van der Waals surface area contributed by atoms with E-state index in [1.54, 1.807) is 12.1 Å². The Morgan fingerprint density at radius 2 is 1.86 bits per heavy atom. The second kappa shape index (κ2) is 10.7. The summed E-state index contributed by atoms with van der Waals surface area (Å²) in [5, 5.41) is 2.80. The van der Waals surface area contributed by atoms with Gasteiger partial charge in [-0.2, -0.15) is 13.2 Å². The number of para-hydroxylation sites is 1. The summed E-state index contributed by atoms with van der Waals surface area (Å²) < 4.78 is 43.5. The number of halogens is 3. The number of nitrogens with one attached hydrogen (secondary N) is 3. The molecule has 0 aliphatic carbocycles. The number of carbonyl (C=O) groups excluding carboxylic acids is 1. The standard InChI is InChI=1S/C25H27F3N4O2S/c1-16-6-5-7-20-22(16)29-15-21(23(20)33)24(34)30-18-12-17(25(26,27)28)13-19(14-18)31-35-11-10-32-8-3-2-4-9-32/h5-7,12-15,31H,2-4,8-11H2,1H3,(H,29,33)(H,30,34). The van der Waals surface area contributed by atoms with Crippen LogP contribution in [-0.4, -0.2) is 41.2 Å². The maximum absolute atomic E-state index is 13.5. The normalized spacial score (nSPS) is 14.7. The average Bonchev–Trinajstić information content (AvgIpc) is 2.82. The number of pyridine rings is 1. The largest absolute Gasteiger partial charge is 0.416 e. The fraction of sp³-hybridized carbons (Fsp3) is 0.360. The van der Waals surface area contributed by atoms with Crippen molar-refractivity contribution in [2.75, 3.05) is 35.4 Å². The second-order valence-corrected chi connectivity index (χ2v) is 9.53. The molecule has 2 aromatic carbocycles. The lowest BCUT2D eigenvalue weighted by Crippen LogP contribution is -2.31. The molecule has 0 radical (unpaired) electrons. The number of anilines is 2. The van der Waals surface area contributed by atoms with Gasteiger partial charge in [-0.05, 0) is 62.7 Å². The van der Waals surface area contributed by atoms with Crippen LogP contribution in [-0.2, 0) is 6.18 Å². The number of piperidine rings is 1. The third-order valence-electron chi connectivity index (χ3n) is 6.03. The zero-order chi connectivity index (χ0) is 25.0. The molecule has 3 N–H and O–H groups in total. The number of amides is 1. The van der Waals surface area contributed by atoms with Crippen LogP contribution in [0.25, 0.3) is 10.9 Å². The predicted octanol–water partition coefficient (Wildman–Crippen LogP) is 5.65. The first-order valence-electron chi connectivity index (χ1n) is 11.5. The zero-order valence-corrected chi connectivity index (χ0v) is 20.1. The number of hydrogen-bond acceptors (Lipinski definition) is 5. The SMILES string of the molecule is Cc1cccc2c(=O)c(C(=O)Nc3cc(NSCCN4CCCCC4)cc(C(F)(F)F)c3)c[nH]c12. The Kier molecular flexibility index (Phi) is 7.71. The van der Waals surface area contributed by atoms with Gasteiger partial charge < -0.3 is 19.9 Å². The summed E-state index contributed by atoms with van der Waals surface area (Å²) in [5.74, 6) is -0.0678. The minimum Gasteiger partial charge on any atom is -0.360 e. The molecule has 10 heteroatoms. The lowest BCUT2D eigenvalue weighted by Gasteiger charge is -2.26. The highest BCUT2D eigenvalue weighted by atomic mass is 32.2. The summed E-state index contributed by atoms with van der Waals surface area (Å²) in [6.45, 7) is 4.78. The van der Waals surface area contributed by atoms with Gasteiger partial charge in [0, 0.05) is 35.3 Å². The van der Waals surface area contributed by atoms with Gasteiger partial charge in [0.2, 0.25) is 5.43 Å². The van der Waals surface area contributed by atoms with Crippen LogP contribution in [0.5, 0.6) is 0 Å². The number of benzene rings is 2. The fourth-order valence-electron chi connectivity index (χ4n) is 4.19. The van der Waals surface area contributed by atoms with Crippen LogP contribution in [0, 0.1) is 6.92 Å². The molecule has 186 valence electrons. The summed E-state index contributed by atoms with van der Waals surface area (Å²) in [4.78, 5) is 30.9. The minimum absolute atomic E-state index is 0.0484. The van der Waals surface area contributed by atoms with Crippen molar-refractivity contribution >= 4 is 40.1 Å². The molecule has 1 aliphatic heterocycles. The molecule has 0 bridgehead atoms. The lowest BCUT2D eigenvalue weighted by atomic mass is 10.1.